The van der Waals surface area contributed by atoms with Crippen LogP contribution in [0.2, 0.25) is 0 Å². The lowest BCUT2D eigenvalue weighted by molar-refractivity contribution is 0.100. The van der Waals surface area contributed by atoms with Gasteiger partial charge in [0.15, 0.2) is 0 Å². The maximum atomic E-state index is 12.1. The molecule has 1 aromatic carbocycles. The Hall–Kier alpha value is -2.01. The van der Waals surface area contributed by atoms with Gasteiger partial charge >= 0.3 is 6.09 Å². The van der Waals surface area contributed by atoms with E-state index in [9.17, 15) is 4.79 Å². The Labute approximate surface area is 129 Å². The Bertz CT molecular complexity index is 690. The molecule has 116 valence electrons. The van der Waals surface area contributed by atoms with E-state index in [1.807, 2.05) is 18.1 Å². The molecule has 4 rings (SSSR count). The summed E-state index contributed by atoms with van der Waals surface area (Å²) in [6.45, 7) is 0.505. The molecule has 22 heavy (non-hydrogen) atoms. The van der Waals surface area contributed by atoms with E-state index in [1.54, 1.807) is 0 Å². The van der Waals surface area contributed by atoms with Crippen molar-refractivity contribution in [1.29, 1.82) is 0 Å². The van der Waals surface area contributed by atoms with Crippen molar-refractivity contribution >= 4 is 17.0 Å². The van der Waals surface area contributed by atoms with E-state index < -0.39 is 0 Å². The number of hydrogen-bond acceptors (Lipinski definition) is 3. The molecule has 0 radical (unpaired) electrons. The van der Waals surface area contributed by atoms with Gasteiger partial charge in [-0.15, -0.1) is 0 Å². The van der Waals surface area contributed by atoms with Crippen LogP contribution in [0.4, 0.5) is 4.79 Å². The van der Waals surface area contributed by atoms with Crippen molar-refractivity contribution in [2.24, 2.45) is 0 Å². The summed E-state index contributed by atoms with van der Waals surface area (Å²) in [4.78, 5) is 17.2. The lowest BCUT2D eigenvalue weighted by atomic mass is 9.84. The highest BCUT2D eigenvalue weighted by atomic mass is 16.6. The molecule has 5 heteroatoms. The smallest absolute Gasteiger partial charge is 0.410 e. The van der Waals surface area contributed by atoms with Gasteiger partial charge in [-0.25, -0.2) is 4.79 Å². The standard InChI is InChI=1S/C17H21N3O2/c1-18-13-8-14(9-13)20-15(10-22-17(20)21)7-11-2-3-16-12(6-11)4-5-19-16/h2-6,13-15,18-19H,7-10H2,1H3/t13-,14-,15-/m0/s1. The van der Waals surface area contributed by atoms with Crippen LogP contribution in [0.25, 0.3) is 10.9 Å². The summed E-state index contributed by atoms with van der Waals surface area (Å²) in [6.07, 6.45) is 4.72. The van der Waals surface area contributed by atoms with E-state index in [0.29, 0.717) is 18.7 Å². The fraction of sp³-hybridized carbons (Fsp3) is 0.471. The Morgan fingerprint density at radius 1 is 1.36 bits per heavy atom. The van der Waals surface area contributed by atoms with Crippen LogP contribution in [0.5, 0.6) is 0 Å². The van der Waals surface area contributed by atoms with E-state index in [1.165, 1.54) is 10.9 Å². The van der Waals surface area contributed by atoms with Crippen LogP contribution in [-0.4, -0.2) is 47.8 Å². The summed E-state index contributed by atoms with van der Waals surface area (Å²) < 4.78 is 5.31. The van der Waals surface area contributed by atoms with Crippen LogP contribution in [0.15, 0.2) is 30.5 Å². The molecular formula is C17H21N3O2. The third-order valence-electron chi connectivity index (χ3n) is 5.01. The number of rotatable bonds is 4. The van der Waals surface area contributed by atoms with Crippen LogP contribution in [0.3, 0.4) is 0 Å². The molecule has 2 N–H and O–H groups in total. The van der Waals surface area contributed by atoms with Gasteiger partial charge in [0.25, 0.3) is 0 Å². The second kappa shape index (κ2) is 5.32. The molecular weight excluding hydrogens is 278 g/mol. The maximum absolute atomic E-state index is 12.1. The van der Waals surface area contributed by atoms with Gasteiger partial charge in [0, 0.05) is 23.8 Å². The summed E-state index contributed by atoms with van der Waals surface area (Å²) in [6, 6.07) is 9.54. The van der Waals surface area contributed by atoms with E-state index >= 15 is 0 Å². The molecule has 2 aliphatic rings. The average molecular weight is 299 g/mol. The lowest BCUT2D eigenvalue weighted by Gasteiger charge is -2.42. The van der Waals surface area contributed by atoms with Gasteiger partial charge in [0.2, 0.25) is 0 Å². The quantitative estimate of drug-likeness (QED) is 0.910. The molecule has 5 nitrogen and oxygen atoms in total. The number of ether oxygens (including phenoxy) is 1. The van der Waals surface area contributed by atoms with Gasteiger partial charge in [-0.3, -0.25) is 4.90 Å². The van der Waals surface area contributed by atoms with Crippen molar-refractivity contribution in [3.8, 4) is 0 Å². The number of cyclic esters (lactones) is 1. The second-order valence-electron chi connectivity index (χ2n) is 6.35. The van der Waals surface area contributed by atoms with Gasteiger partial charge in [0.1, 0.15) is 6.61 Å². The van der Waals surface area contributed by atoms with Crippen molar-refractivity contribution in [3.63, 3.8) is 0 Å². The van der Waals surface area contributed by atoms with E-state index in [-0.39, 0.29) is 12.1 Å². The van der Waals surface area contributed by atoms with Crippen molar-refractivity contribution in [1.82, 2.24) is 15.2 Å². The minimum Gasteiger partial charge on any atom is -0.447 e. The van der Waals surface area contributed by atoms with E-state index in [0.717, 1.165) is 24.8 Å². The Balaban J connectivity index is 1.49. The zero-order chi connectivity index (χ0) is 15.1. The number of carbonyl (C=O) groups excluding carboxylic acids is 1. The predicted octanol–water partition coefficient (Wildman–Crippen LogP) is 2.28. The highest BCUT2D eigenvalue weighted by molar-refractivity contribution is 5.80. The van der Waals surface area contributed by atoms with Gasteiger partial charge in [0.05, 0.1) is 6.04 Å². The minimum absolute atomic E-state index is 0.146. The molecule has 0 bridgehead atoms. The van der Waals surface area contributed by atoms with E-state index in [4.69, 9.17) is 4.74 Å². The molecule has 0 unspecified atom stereocenters. The molecule has 1 aliphatic carbocycles. The van der Waals surface area contributed by atoms with Crippen molar-refractivity contribution in [2.75, 3.05) is 13.7 Å². The largest absolute Gasteiger partial charge is 0.447 e. The monoisotopic (exact) mass is 299 g/mol. The van der Waals surface area contributed by atoms with Gasteiger partial charge in [-0.05, 0) is 55.5 Å². The fourth-order valence-corrected chi connectivity index (χ4v) is 3.63. The average Bonchev–Trinajstić information content (AvgIpc) is 3.06. The van der Waals surface area contributed by atoms with Crippen LogP contribution in [0.1, 0.15) is 18.4 Å². The zero-order valence-corrected chi connectivity index (χ0v) is 12.7. The molecule has 2 aromatic rings. The number of carbonyl (C=O) groups is 1. The van der Waals surface area contributed by atoms with Crippen molar-refractivity contribution < 1.29 is 9.53 Å². The molecule has 1 saturated heterocycles. The summed E-state index contributed by atoms with van der Waals surface area (Å²) in [5.41, 5.74) is 2.40. The molecule has 1 amide bonds. The minimum atomic E-state index is -0.146. The Morgan fingerprint density at radius 2 is 2.23 bits per heavy atom. The first kappa shape index (κ1) is 13.6. The van der Waals surface area contributed by atoms with Gasteiger partial charge < -0.3 is 15.0 Å². The summed E-state index contributed by atoms with van der Waals surface area (Å²) in [5, 5.41) is 4.49. The predicted molar refractivity (Wildman–Crippen MR) is 84.8 cm³/mol. The first-order chi connectivity index (χ1) is 10.7. The second-order valence-corrected chi connectivity index (χ2v) is 6.35. The maximum Gasteiger partial charge on any atom is 0.410 e. The molecule has 1 atom stereocenters. The summed E-state index contributed by atoms with van der Waals surface area (Å²) >= 11 is 0. The number of aromatic nitrogens is 1. The first-order valence-corrected chi connectivity index (χ1v) is 7.93. The highest BCUT2D eigenvalue weighted by Gasteiger charge is 2.43. The summed E-state index contributed by atoms with van der Waals surface area (Å²) in [5.74, 6) is 0. The molecule has 1 aliphatic heterocycles. The number of nitrogens with zero attached hydrogens (tertiary/aromatic N) is 1. The zero-order valence-electron chi connectivity index (χ0n) is 12.7. The molecule has 1 aromatic heterocycles. The first-order valence-electron chi connectivity index (χ1n) is 7.93. The van der Waals surface area contributed by atoms with Crippen molar-refractivity contribution in [3.05, 3.63) is 36.0 Å². The van der Waals surface area contributed by atoms with Crippen LogP contribution >= 0.6 is 0 Å². The number of benzene rings is 1. The Morgan fingerprint density at radius 3 is 3.05 bits per heavy atom. The third kappa shape index (κ3) is 2.25. The Kier molecular flexibility index (Phi) is 3.30. The van der Waals surface area contributed by atoms with Crippen LogP contribution < -0.4 is 5.32 Å². The lowest BCUT2D eigenvalue weighted by Crippen LogP contribution is -2.54. The molecule has 2 heterocycles. The number of H-pyrrole nitrogens is 1. The highest BCUT2D eigenvalue weighted by Crippen LogP contribution is 2.31. The van der Waals surface area contributed by atoms with Crippen molar-refractivity contribution in [2.45, 2.75) is 37.4 Å². The van der Waals surface area contributed by atoms with E-state index in [2.05, 4.69) is 34.6 Å². The number of amides is 1. The number of nitrogens with one attached hydrogen (secondary N) is 2. The molecule has 2 fully saturated rings. The third-order valence-corrected chi connectivity index (χ3v) is 5.01. The van der Waals surface area contributed by atoms with Crippen LogP contribution in [0, 0.1) is 0 Å². The van der Waals surface area contributed by atoms with Gasteiger partial charge in [-0.1, -0.05) is 6.07 Å². The fourth-order valence-electron chi connectivity index (χ4n) is 3.63. The molecule has 0 spiro atoms. The SMILES string of the molecule is CN[C@H]1C[C@H](N2C(=O)OC[C@@H]2Cc2ccc3[nH]ccc3c2)C1. The molecule has 1 saturated carbocycles. The number of fused-ring (bicyclic) bond motifs is 1. The van der Waals surface area contributed by atoms with Crippen LogP contribution in [-0.2, 0) is 11.2 Å². The topological polar surface area (TPSA) is 57.4 Å². The number of hydrogen-bond donors (Lipinski definition) is 2. The normalized spacial score (nSPS) is 28.0. The summed E-state index contributed by atoms with van der Waals surface area (Å²) in [7, 11) is 1.98. The van der Waals surface area contributed by atoms with Gasteiger partial charge in [-0.2, -0.15) is 0 Å². The number of aromatic amines is 1.